The summed E-state index contributed by atoms with van der Waals surface area (Å²) in [5.74, 6) is 1.67. The van der Waals surface area contributed by atoms with Gasteiger partial charge in [0.1, 0.15) is 17.3 Å². The minimum atomic E-state index is -0.153. The molecule has 3 rings (SSSR count). The number of carbonyl (C=O) groups excluding carboxylic acids is 1. The largest absolute Gasteiger partial charge is 0.495 e. The lowest BCUT2D eigenvalue weighted by Gasteiger charge is -2.35. The van der Waals surface area contributed by atoms with E-state index >= 15 is 0 Å². The average Bonchev–Trinajstić information content (AvgIpc) is 2.62. The van der Waals surface area contributed by atoms with E-state index in [1.54, 1.807) is 35.2 Å². The number of anilines is 2. The number of amides is 2. The van der Waals surface area contributed by atoms with Crippen LogP contribution >= 0.6 is 11.6 Å². The third-order valence-electron chi connectivity index (χ3n) is 3.90. The van der Waals surface area contributed by atoms with Crippen molar-refractivity contribution in [3.8, 4) is 11.5 Å². The normalized spacial score (nSPS) is 14.7. The van der Waals surface area contributed by atoms with E-state index in [-0.39, 0.29) is 6.03 Å². The molecule has 6 nitrogen and oxygen atoms in total. The molecule has 2 heterocycles. The summed E-state index contributed by atoms with van der Waals surface area (Å²) in [6.45, 7) is 1.21. The lowest BCUT2D eigenvalue weighted by Crippen LogP contribution is -2.50. The van der Waals surface area contributed by atoms with Crippen LogP contribution in [0.15, 0.2) is 36.5 Å². The molecule has 24 heavy (non-hydrogen) atoms. The molecular weight excluding hydrogens is 330 g/mol. The van der Waals surface area contributed by atoms with E-state index in [9.17, 15) is 4.79 Å². The molecule has 1 aliphatic rings. The Balaban J connectivity index is 1.97. The van der Waals surface area contributed by atoms with Crippen LogP contribution in [-0.2, 0) is 0 Å². The number of hydrogen-bond donors (Lipinski definition) is 0. The van der Waals surface area contributed by atoms with Gasteiger partial charge in [-0.2, -0.15) is 0 Å². The molecule has 0 radical (unpaired) electrons. The van der Waals surface area contributed by atoms with E-state index in [2.05, 4.69) is 4.98 Å². The molecule has 0 bridgehead atoms. The molecule has 126 valence electrons. The van der Waals surface area contributed by atoms with Crippen LogP contribution < -0.4 is 19.3 Å². The number of hydrogen-bond acceptors (Lipinski definition) is 4. The van der Waals surface area contributed by atoms with Crippen molar-refractivity contribution in [1.82, 2.24) is 4.98 Å². The van der Waals surface area contributed by atoms with Crippen LogP contribution in [0.2, 0.25) is 5.02 Å². The van der Waals surface area contributed by atoms with E-state index in [0.717, 1.165) is 6.42 Å². The van der Waals surface area contributed by atoms with Gasteiger partial charge in [0.15, 0.2) is 0 Å². The fraction of sp³-hybridized carbons (Fsp3) is 0.294. The van der Waals surface area contributed by atoms with Crippen molar-refractivity contribution >= 4 is 29.1 Å². The molecule has 2 amide bonds. The lowest BCUT2D eigenvalue weighted by molar-refractivity contribution is 0.248. The van der Waals surface area contributed by atoms with Gasteiger partial charge in [-0.3, -0.25) is 9.80 Å². The van der Waals surface area contributed by atoms with Crippen molar-refractivity contribution < 1.29 is 14.3 Å². The second-order valence-electron chi connectivity index (χ2n) is 5.29. The molecule has 0 aliphatic carbocycles. The van der Waals surface area contributed by atoms with Crippen LogP contribution in [0.4, 0.5) is 16.3 Å². The summed E-state index contributed by atoms with van der Waals surface area (Å²) >= 11 is 6.23. The molecule has 1 aromatic carbocycles. The maximum atomic E-state index is 12.9. The first-order chi connectivity index (χ1) is 11.7. The SMILES string of the molecule is COc1cc(OC)c(N2CCCN(c3ccccn3)C2=O)cc1Cl. The molecule has 1 fully saturated rings. The van der Waals surface area contributed by atoms with Gasteiger partial charge in [-0.25, -0.2) is 9.78 Å². The molecule has 7 heteroatoms. The summed E-state index contributed by atoms with van der Waals surface area (Å²) in [6, 6.07) is 8.73. The fourth-order valence-corrected chi connectivity index (χ4v) is 2.96. The van der Waals surface area contributed by atoms with Gasteiger partial charge in [-0.05, 0) is 24.6 Å². The van der Waals surface area contributed by atoms with E-state index in [0.29, 0.717) is 41.1 Å². The zero-order valence-electron chi connectivity index (χ0n) is 13.5. The molecule has 0 spiro atoms. The Bertz CT molecular complexity index is 739. The minimum Gasteiger partial charge on any atom is -0.495 e. The lowest BCUT2D eigenvalue weighted by atomic mass is 10.2. The molecule has 0 N–H and O–H groups in total. The zero-order valence-corrected chi connectivity index (χ0v) is 14.3. The summed E-state index contributed by atoms with van der Waals surface area (Å²) in [5.41, 5.74) is 0.619. The minimum absolute atomic E-state index is 0.153. The standard InChI is InChI=1S/C17H18ClN3O3/c1-23-14-11-15(24-2)13(10-12(14)18)20-8-5-9-21(17(20)22)16-6-3-4-7-19-16/h3-4,6-7,10-11H,5,8-9H2,1-2H3. The van der Waals surface area contributed by atoms with Gasteiger partial charge in [-0.1, -0.05) is 17.7 Å². The number of pyridine rings is 1. The smallest absolute Gasteiger partial charge is 0.330 e. The molecular formula is C17H18ClN3O3. The first-order valence-corrected chi connectivity index (χ1v) is 7.95. The molecule has 2 aromatic rings. The van der Waals surface area contributed by atoms with Gasteiger partial charge in [0, 0.05) is 25.4 Å². The number of aromatic nitrogens is 1. The molecule has 0 atom stereocenters. The van der Waals surface area contributed by atoms with Crippen LogP contribution in [0.5, 0.6) is 11.5 Å². The molecule has 1 saturated heterocycles. The Morgan fingerprint density at radius 1 is 1.08 bits per heavy atom. The van der Waals surface area contributed by atoms with Crippen molar-refractivity contribution in [3.05, 3.63) is 41.6 Å². The van der Waals surface area contributed by atoms with Gasteiger partial charge in [-0.15, -0.1) is 0 Å². The number of rotatable bonds is 4. The highest BCUT2D eigenvalue weighted by atomic mass is 35.5. The summed E-state index contributed by atoms with van der Waals surface area (Å²) in [6.07, 6.45) is 2.49. The summed E-state index contributed by atoms with van der Waals surface area (Å²) in [4.78, 5) is 20.5. The Kier molecular flexibility index (Phi) is 4.76. The van der Waals surface area contributed by atoms with Gasteiger partial charge >= 0.3 is 6.03 Å². The van der Waals surface area contributed by atoms with E-state index in [1.807, 2.05) is 18.2 Å². The van der Waals surface area contributed by atoms with Gasteiger partial charge < -0.3 is 9.47 Å². The third kappa shape index (κ3) is 2.97. The predicted octanol–water partition coefficient (Wildman–Crippen LogP) is 3.59. The molecule has 0 unspecified atom stereocenters. The van der Waals surface area contributed by atoms with E-state index in [1.165, 1.54) is 7.11 Å². The van der Waals surface area contributed by atoms with Crippen LogP contribution in [0.3, 0.4) is 0 Å². The van der Waals surface area contributed by atoms with Gasteiger partial charge in [0.05, 0.1) is 24.9 Å². The first-order valence-electron chi connectivity index (χ1n) is 7.57. The Morgan fingerprint density at radius 2 is 1.83 bits per heavy atom. The van der Waals surface area contributed by atoms with Crippen molar-refractivity contribution in [3.63, 3.8) is 0 Å². The highest BCUT2D eigenvalue weighted by Gasteiger charge is 2.30. The number of ether oxygens (including phenoxy) is 2. The Morgan fingerprint density at radius 3 is 2.50 bits per heavy atom. The second-order valence-corrected chi connectivity index (χ2v) is 5.69. The van der Waals surface area contributed by atoms with Crippen LogP contribution in [0.1, 0.15) is 6.42 Å². The number of urea groups is 1. The van der Waals surface area contributed by atoms with Crippen molar-refractivity contribution in [2.45, 2.75) is 6.42 Å². The third-order valence-corrected chi connectivity index (χ3v) is 4.19. The van der Waals surface area contributed by atoms with Crippen molar-refractivity contribution in [1.29, 1.82) is 0 Å². The number of methoxy groups -OCH3 is 2. The summed E-state index contributed by atoms with van der Waals surface area (Å²) in [5, 5.41) is 0.427. The van der Waals surface area contributed by atoms with Crippen molar-refractivity contribution in [2.24, 2.45) is 0 Å². The average molecular weight is 348 g/mol. The summed E-state index contributed by atoms with van der Waals surface area (Å²) < 4.78 is 10.6. The van der Waals surface area contributed by atoms with Crippen LogP contribution in [-0.4, -0.2) is 38.3 Å². The fourth-order valence-electron chi connectivity index (χ4n) is 2.73. The number of benzene rings is 1. The van der Waals surface area contributed by atoms with Crippen LogP contribution in [0, 0.1) is 0 Å². The Hall–Kier alpha value is -2.47. The number of carbonyl (C=O) groups is 1. The summed E-state index contributed by atoms with van der Waals surface area (Å²) in [7, 11) is 3.09. The zero-order chi connectivity index (χ0) is 17.1. The van der Waals surface area contributed by atoms with Crippen LogP contribution in [0.25, 0.3) is 0 Å². The van der Waals surface area contributed by atoms with E-state index < -0.39 is 0 Å². The van der Waals surface area contributed by atoms with Gasteiger partial charge in [0.2, 0.25) is 0 Å². The first kappa shape index (κ1) is 16.4. The van der Waals surface area contributed by atoms with E-state index in [4.69, 9.17) is 21.1 Å². The topological polar surface area (TPSA) is 54.9 Å². The molecule has 0 saturated carbocycles. The molecule has 1 aromatic heterocycles. The molecule has 1 aliphatic heterocycles. The number of halogens is 1. The quantitative estimate of drug-likeness (QED) is 0.848. The maximum absolute atomic E-state index is 12.9. The van der Waals surface area contributed by atoms with Crippen molar-refractivity contribution in [2.75, 3.05) is 37.1 Å². The maximum Gasteiger partial charge on any atom is 0.330 e. The number of nitrogens with zero attached hydrogens (tertiary/aromatic N) is 3. The Labute approximate surface area is 145 Å². The van der Waals surface area contributed by atoms with Gasteiger partial charge in [0.25, 0.3) is 0 Å². The highest BCUT2D eigenvalue weighted by molar-refractivity contribution is 6.32. The monoisotopic (exact) mass is 347 g/mol. The highest BCUT2D eigenvalue weighted by Crippen LogP contribution is 2.39. The predicted molar refractivity (Wildman–Crippen MR) is 93.5 cm³/mol. The second kappa shape index (κ2) is 6.97.